The van der Waals surface area contributed by atoms with Gasteiger partial charge in [0.15, 0.2) is 0 Å². The van der Waals surface area contributed by atoms with E-state index in [0.29, 0.717) is 13.1 Å². The highest BCUT2D eigenvalue weighted by Crippen LogP contribution is 2.30. The molecule has 1 N–H and O–H groups in total. The van der Waals surface area contributed by atoms with E-state index in [1.807, 2.05) is 6.20 Å². The van der Waals surface area contributed by atoms with Crippen molar-refractivity contribution in [2.45, 2.75) is 39.2 Å². The summed E-state index contributed by atoms with van der Waals surface area (Å²) >= 11 is 0. The van der Waals surface area contributed by atoms with Gasteiger partial charge in [0, 0.05) is 12.1 Å². The Balaban J connectivity index is 1.73. The van der Waals surface area contributed by atoms with Crippen LogP contribution < -0.4 is 4.72 Å². The van der Waals surface area contributed by atoms with E-state index >= 15 is 0 Å². The molecule has 0 atom stereocenters. The fourth-order valence-electron chi connectivity index (χ4n) is 2.97. The number of hydrogen-bond acceptors (Lipinski definition) is 4. The van der Waals surface area contributed by atoms with Gasteiger partial charge in [-0.1, -0.05) is 23.4 Å². The highest BCUT2D eigenvalue weighted by Gasteiger charge is 2.16. The first-order valence-electron chi connectivity index (χ1n) is 8.07. The number of aromatic nitrogens is 3. The topological polar surface area (TPSA) is 76.9 Å². The second-order valence-corrected chi connectivity index (χ2v) is 7.91. The monoisotopic (exact) mass is 334 g/mol. The predicted octanol–water partition coefficient (Wildman–Crippen LogP) is 1.76. The first-order valence-corrected chi connectivity index (χ1v) is 9.73. The minimum Gasteiger partial charge on any atom is -0.251 e. The van der Waals surface area contributed by atoms with Gasteiger partial charge in [0.2, 0.25) is 10.0 Å². The molecule has 7 heteroatoms. The summed E-state index contributed by atoms with van der Waals surface area (Å²) in [5.74, 6) is 0.0890. The summed E-state index contributed by atoms with van der Waals surface area (Å²) in [6.07, 6.45) is 6.59. The Morgan fingerprint density at radius 3 is 2.91 bits per heavy atom. The fourth-order valence-corrected chi connectivity index (χ4v) is 3.58. The van der Waals surface area contributed by atoms with Crippen LogP contribution in [0.5, 0.6) is 0 Å². The summed E-state index contributed by atoms with van der Waals surface area (Å²) < 4.78 is 27.1. The van der Waals surface area contributed by atoms with Crippen molar-refractivity contribution in [1.82, 2.24) is 19.7 Å². The number of hydrogen-bond donors (Lipinski definition) is 1. The average molecular weight is 334 g/mol. The summed E-state index contributed by atoms with van der Waals surface area (Å²) in [5.41, 5.74) is 4.82. The van der Waals surface area contributed by atoms with Crippen LogP contribution >= 0.6 is 0 Å². The molecule has 0 unspecified atom stereocenters. The van der Waals surface area contributed by atoms with Crippen LogP contribution in [0.4, 0.5) is 0 Å². The van der Waals surface area contributed by atoms with Crippen LogP contribution in [-0.2, 0) is 29.4 Å². The molecule has 1 heterocycles. The van der Waals surface area contributed by atoms with Crippen molar-refractivity contribution in [3.8, 4) is 11.3 Å². The smallest absolute Gasteiger partial charge is 0.211 e. The van der Waals surface area contributed by atoms with E-state index in [1.165, 1.54) is 24.0 Å². The number of nitrogens with one attached hydrogen (secondary N) is 1. The van der Waals surface area contributed by atoms with E-state index in [-0.39, 0.29) is 5.75 Å². The third-order valence-electron chi connectivity index (χ3n) is 4.25. The molecule has 0 radical (unpaired) electrons. The van der Waals surface area contributed by atoms with Crippen molar-refractivity contribution in [2.75, 3.05) is 12.3 Å². The quantitative estimate of drug-likeness (QED) is 0.873. The predicted molar refractivity (Wildman–Crippen MR) is 89.6 cm³/mol. The fraction of sp³-hybridized carbons (Fsp3) is 0.500. The van der Waals surface area contributed by atoms with E-state index < -0.39 is 10.0 Å². The SMILES string of the molecule is CCS(=O)(=O)NCCn1cc(-c2cccc3c2CCCC3)nn1. The highest BCUT2D eigenvalue weighted by atomic mass is 32.2. The Morgan fingerprint density at radius 2 is 2.09 bits per heavy atom. The van der Waals surface area contributed by atoms with Gasteiger partial charge in [-0.25, -0.2) is 13.1 Å². The Bertz CT molecular complexity index is 783. The number of fused-ring (bicyclic) bond motifs is 1. The normalized spacial score (nSPS) is 14.7. The molecular weight excluding hydrogens is 312 g/mol. The van der Waals surface area contributed by atoms with Crippen LogP contribution in [0.1, 0.15) is 30.9 Å². The lowest BCUT2D eigenvalue weighted by Crippen LogP contribution is -2.28. The molecule has 2 aromatic rings. The van der Waals surface area contributed by atoms with E-state index in [2.05, 4.69) is 33.2 Å². The maximum absolute atomic E-state index is 11.4. The minimum absolute atomic E-state index is 0.0890. The highest BCUT2D eigenvalue weighted by molar-refractivity contribution is 7.89. The van der Waals surface area contributed by atoms with Gasteiger partial charge in [0.1, 0.15) is 5.69 Å². The zero-order valence-electron chi connectivity index (χ0n) is 13.3. The second-order valence-electron chi connectivity index (χ2n) is 5.81. The van der Waals surface area contributed by atoms with Gasteiger partial charge in [-0.2, -0.15) is 0 Å². The summed E-state index contributed by atoms with van der Waals surface area (Å²) in [6, 6.07) is 6.37. The number of benzene rings is 1. The van der Waals surface area contributed by atoms with Gasteiger partial charge in [-0.15, -0.1) is 5.10 Å². The van der Waals surface area contributed by atoms with Gasteiger partial charge in [0.05, 0.1) is 18.5 Å². The maximum atomic E-state index is 11.4. The van der Waals surface area contributed by atoms with Crippen LogP contribution in [0.3, 0.4) is 0 Å². The van der Waals surface area contributed by atoms with Crippen LogP contribution in [0.2, 0.25) is 0 Å². The van der Waals surface area contributed by atoms with Gasteiger partial charge in [-0.3, -0.25) is 4.68 Å². The largest absolute Gasteiger partial charge is 0.251 e. The van der Waals surface area contributed by atoms with Crippen LogP contribution in [0.25, 0.3) is 11.3 Å². The van der Waals surface area contributed by atoms with E-state index in [1.54, 1.807) is 11.6 Å². The third-order valence-corrected chi connectivity index (χ3v) is 5.66. The van der Waals surface area contributed by atoms with Crippen LogP contribution in [0, 0.1) is 0 Å². The maximum Gasteiger partial charge on any atom is 0.211 e. The summed E-state index contributed by atoms with van der Waals surface area (Å²) in [6.45, 7) is 2.42. The molecular formula is C16H22N4O2S. The summed E-state index contributed by atoms with van der Waals surface area (Å²) in [4.78, 5) is 0. The standard InChI is InChI=1S/C16H22N4O2S/c1-2-23(21,22)17-10-11-20-12-16(18-19-20)15-9-5-7-13-6-3-4-8-14(13)15/h5,7,9,12,17H,2-4,6,8,10-11H2,1H3. The third kappa shape index (κ3) is 3.79. The number of sulfonamides is 1. The molecule has 0 amide bonds. The average Bonchev–Trinajstić information content (AvgIpc) is 3.03. The van der Waals surface area contributed by atoms with Gasteiger partial charge in [-0.05, 0) is 43.7 Å². The molecule has 1 aromatic heterocycles. The van der Waals surface area contributed by atoms with E-state index in [4.69, 9.17) is 0 Å². The number of aryl methyl sites for hydroxylation is 1. The van der Waals surface area contributed by atoms with E-state index in [9.17, 15) is 8.42 Å². The molecule has 1 aliphatic carbocycles. The molecule has 0 fully saturated rings. The molecule has 0 saturated heterocycles. The van der Waals surface area contributed by atoms with Gasteiger partial charge in [0.25, 0.3) is 0 Å². The molecule has 3 rings (SSSR count). The molecule has 0 bridgehead atoms. The molecule has 23 heavy (non-hydrogen) atoms. The molecule has 1 aliphatic rings. The lowest BCUT2D eigenvalue weighted by atomic mass is 9.87. The first-order chi connectivity index (χ1) is 11.1. The molecule has 6 nitrogen and oxygen atoms in total. The zero-order chi connectivity index (χ0) is 16.3. The van der Waals surface area contributed by atoms with Crippen LogP contribution in [-0.4, -0.2) is 35.7 Å². The molecule has 1 aromatic carbocycles. The Morgan fingerprint density at radius 1 is 1.26 bits per heavy atom. The van der Waals surface area contributed by atoms with Crippen molar-refractivity contribution >= 4 is 10.0 Å². The van der Waals surface area contributed by atoms with Crippen molar-refractivity contribution < 1.29 is 8.42 Å². The van der Waals surface area contributed by atoms with Gasteiger partial charge < -0.3 is 0 Å². The minimum atomic E-state index is -3.16. The van der Waals surface area contributed by atoms with Crippen molar-refractivity contribution in [3.63, 3.8) is 0 Å². The molecule has 0 spiro atoms. The van der Waals surface area contributed by atoms with Crippen LogP contribution in [0.15, 0.2) is 24.4 Å². The lowest BCUT2D eigenvalue weighted by Gasteiger charge is -2.18. The van der Waals surface area contributed by atoms with Gasteiger partial charge >= 0.3 is 0 Å². The Hall–Kier alpha value is -1.73. The number of nitrogens with zero attached hydrogens (tertiary/aromatic N) is 3. The Kier molecular flexibility index (Phi) is 4.77. The van der Waals surface area contributed by atoms with Crippen molar-refractivity contribution in [3.05, 3.63) is 35.5 Å². The summed E-state index contributed by atoms with van der Waals surface area (Å²) in [5, 5.41) is 8.38. The second kappa shape index (κ2) is 6.80. The lowest BCUT2D eigenvalue weighted by molar-refractivity contribution is 0.553. The van der Waals surface area contributed by atoms with Crippen molar-refractivity contribution in [2.24, 2.45) is 0 Å². The molecule has 124 valence electrons. The number of rotatable bonds is 6. The van der Waals surface area contributed by atoms with E-state index in [0.717, 1.165) is 24.1 Å². The molecule has 0 aliphatic heterocycles. The van der Waals surface area contributed by atoms with Crippen molar-refractivity contribution in [1.29, 1.82) is 0 Å². The zero-order valence-corrected chi connectivity index (χ0v) is 14.1. The molecule has 0 saturated carbocycles. The Labute approximate surface area is 137 Å². The first kappa shape index (κ1) is 16.1. The summed E-state index contributed by atoms with van der Waals surface area (Å²) in [7, 11) is -3.16.